The Hall–Kier alpha value is -2.47. The first kappa shape index (κ1) is 13.0. The van der Waals surface area contributed by atoms with Crippen LogP contribution < -0.4 is 16.5 Å². The van der Waals surface area contributed by atoms with Crippen molar-refractivity contribution in [2.75, 3.05) is 12.0 Å². The van der Waals surface area contributed by atoms with Crippen LogP contribution in [0.4, 0.5) is 5.95 Å². The van der Waals surface area contributed by atoms with Crippen LogP contribution in [-0.2, 0) is 0 Å². The third kappa shape index (κ3) is 3.05. The molecule has 2 N–H and O–H groups in total. The molecule has 0 unspecified atom stereocenters. The number of aryl methyl sites for hydroxylation is 1. The summed E-state index contributed by atoms with van der Waals surface area (Å²) in [6.07, 6.45) is 1.69. The van der Waals surface area contributed by atoms with Crippen molar-refractivity contribution in [2.24, 2.45) is 0 Å². The Balaban J connectivity index is 2.33. The molecule has 2 aromatic rings. The molecule has 0 spiro atoms. The SMILES string of the molecule is C=CCNNc1nc(C)n(-c2ccccc2)c(=O)n1. The van der Waals surface area contributed by atoms with Crippen molar-refractivity contribution >= 4 is 5.95 Å². The Morgan fingerprint density at radius 3 is 2.68 bits per heavy atom. The molecule has 0 aliphatic carbocycles. The van der Waals surface area contributed by atoms with Gasteiger partial charge in [0.05, 0.1) is 5.69 Å². The number of nitrogens with zero attached hydrogens (tertiary/aromatic N) is 3. The fourth-order valence-electron chi connectivity index (χ4n) is 1.64. The van der Waals surface area contributed by atoms with Crippen LogP contribution in [0.15, 0.2) is 47.8 Å². The second-order valence-electron chi connectivity index (χ2n) is 3.84. The molecule has 0 radical (unpaired) electrons. The zero-order valence-electron chi connectivity index (χ0n) is 10.6. The summed E-state index contributed by atoms with van der Waals surface area (Å²) in [4.78, 5) is 20.1. The van der Waals surface area contributed by atoms with Crippen LogP contribution in [0.5, 0.6) is 0 Å². The minimum atomic E-state index is -0.374. The Kier molecular flexibility index (Phi) is 4.04. The summed E-state index contributed by atoms with van der Waals surface area (Å²) in [6, 6.07) is 9.28. The number of nitrogens with one attached hydrogen (secondary N) is 2. The second-order valence-corrected chi connectivity index (χ2v) is 3.84. The number of hydrogen-bond acceptors (Lipinski definition) is 5. The maximum Gasteiger partial charge on any atom is 0.356 e. The summed E-state index contributed by atoms with van der Waals surface area (Å²) >= 11 is 0. The number of anilines is 1. The van der Waals surface area contributed by atoms with Gasteiger partial charge in [-0.1, -0.05) is 24.3 Å². The van der Waals surface area contributed by atoms with E-state index < -0.39 is 0 Å². The van der Waals surface area contributed by atoms with Gasteiger partial charge in [-0.2, -0.15) is 9.97 Å². The highest BCUT2D eigenvalue weighted by atomic mass is 16.1. The molecule has 0 bridgehead atoms. The smallest absolute Gasteiger partial charge is 0.289 e. The molecule has 1 aromatic carbocycles. The number of hydrazine groups is 1. The summed E-state index contributed by atoms with van der Waals surface area (Å²) in [5.41, 5.74) is 5.95. The van der Waals surface area contributed by atoms with Gasteiger partial charge in [-0.3, -0.25) is 5.43 Å². The van der Waals surface area contributed by atoms with Crippen molar-refractivity contribution in [2.45, 2.75) is 6.92 Å². The van der Waals surface area contributed by atoms with E-state index in [-0.39, 0.29) is 11.6 Å². The van der Waals surface area contributed by atoms with Crippen molar-refractivity contribution in [1.29, 1.82) is 0 Å². The predicted molar refractivity (Wildman–Crippen MR) is 74.2 cm³/mol. The Morgan fingerprint density at radius 1 is 1.32 bits per heavy atom. The molecule has 0 fully saturated rings. The van der Waals surface area contributed by atoms with Gasteiger partial charge in [-0.15, -0.1) is 6.58 Å². The molecule has 0 amide bonds. The Labute approximate surface area is 110 Å². The summed E-state index contributed by atoms with van der Waals surface area (Å²) in [6.45, 7) is 5.88. The number of para-hydroxylation sites is 1. The Morgan fingerprint density at radius 2 is 2.05 bits per heavy atom. The molecule has 98 valence electrons. The fraction of sp³-hybridized carbons (Fsp3) is 0.154. The van der Waals surface area contributed by atoms with E-state index in [0.717, 1.165) is 5.69 Å². The Bertz CT molecular complexity index is 621. The topological polar surface area (TPSA) is 71.8 Å². The standard InChI is InChI=1S/C13H15N5O/c1-3-9-14-17-12-15-10(2)18(13(19)16-12)11-7-5-4-6-8-11/h3-8,14H,1,9H2,2H3,(H,16,17,19). The van der Waals surface area contributed by atoms with Crippen molar-refractivity contribution in [1.82, 2.24) is 20.0 Å². The minimum Gasteiger partial charge on any atom is -0.289 e. The van der Waals surface area contributed by atoms with E-state index in [9.17, 15) is 4.79 Å². The third-order valence-electron chi connectivity index (χ3n) is 2.45. The molecule has 1 aromatic heterocycles. The maximum absolute atomic E-state index is 12.0. The van der Waals surface area contributed by atoms with Crippen LogP contribution in [0.2, 0.25) is 0 Å². The first-order chi connectivity index (χ1) is 9.22. The highest BCUT2D eigenvalue weighted by molar-refractivity contribution is 5.33. The summed E-state index contributed by atoms with van der Waals surface area (Å²) < 4.78 is 1.46. The van der Waals surface area contributed by atoms with Gasteiger partial charge in [0.2, 0.25) is 5.95 Å². The summed E-state index contributed by atoms with van der Waals surface area (Å²) in [5.74, 6) is 0.811. The lowest BCUT2D eigenvalue weighted by atomic mass is 10.3. The highest BCUT2D eigenvalue weighted by Gasteiger charge is 2.07. The molecule has 6 nitrogen and oxygen atoms in total. The highest BCUT2D eigenvalue weighted by Crippen LogP contribution is 2.06. The monoisotopic (exact) mass is 257 g/mol. The number of aromatic nitrogens is 3. The quantitative estimate of drug-likeness (QED) is 0.475. The zero-order valence-corrected chi connectivity index (χ0v) is 10.6. The van der Waals surface area contributed by atoms with E-state index in [4.69, 9.17) is 0 Å². The van der Waals surface area contributed by atoms with Crippen LogP contribution in [0.3, 0.4) is 0 Å². The van der Waals surface area contributed by atoms with Crippen LogP contribution in [0.25, 0.3) is 5.69 Å². The molecule has 6 heteroatoms. The van der Waals surface area contributed by atoms with Gasteiger partial charge in [0, 0.05) is 6.54 Å². The van der Waals surface area contributed by atoms with E-state index in [2.05, 4.69) is 27.4 Å². The normalized spacial score (nSPS) is 10.2. The maximum atomic E-state index is 12.0. The molecule has 1 heterocycles. The van der Waals surface area contributed by atoms with E-state index in [1.165, 1.54) is 4.57 Å². The average Bonchev–Trinajstić information content (AvgIpc) is 2.39. The van der Waals surface area contributed by atoms with Gasteiger partial charge in [0.1, 0.15) is 5.82 Å². The van der Waals surface area contributed by atoms with E-state index in [1.54, 1.807) is 13.0 Å². The second kappa shape index (κ2) is 5.92. The van der Waals surface area contributed by atoms with E-state index in [1.807, 2.05) is 30.3 Å². The first-order valence-corrected chi connectivity index (χ1v) is 5.85. The molecule has 0 atom stereocenters. The van der Waals surface area contributed by atoms with E-state index in [0.29, 0.717) is 12.4 Å². The number of hydrogen-bond donors (Lipinski definition) is 2. The molecule has 0 saturated carbocycles. The van der Waals surface area contributed by atoms with Crippen LogP contribution in [0, 0.1) is 6.92 Å². The van der Waals surface area contributed by atoms with Crippen molar-refractivity contribution in [3.63, 3.8) is 0 Å². The lowest BCUT2D eigenvalue weighted by Gasteiger charge is -2.10. The number of benzene rings is 1. The largest absolute Gasteiger partial charge is 0.356 e. The lowest BCUT2D eigenvalue weighted by molar-refractivity contribution is 0.785. The zero-order chi connectivity index (χ0) is 13.7. The molecule has 2 rings (SSSR count). The average molecular weight is 257 g/mol. The molecular weight excluding hydrogens is 242 g/mol. The van der Waals surface area contributed by atoms with Crippen molar-refractivity contribution < 1.29 is 0 Å². The fourth-order valence-corrected chi connectivity index (χ4v) is 1.64. The van der Waals surface area contributed by atoms with Gasteiger partial charge < -0.3 is 0 Å². The van der Waals surface area contributed by atoms with E-state index >= 15 is 0 Å². The molecule has 0 aliphatic rings. The van der Waals surface area contributed by atoms with Gasteiger partial charge in [-0.05, 0) is 19.1 Å². The van der Waals surface area contributed by atoms with Crippen LogP contribution in [-0.4, -0.2) is 21.1 Å². The van der Waals surface area contributed by atoms with Crippen LogP contribution >= 0.6 is 0 Å². The third-order valence-corrected chi connectivity index (χ3v) is 2.45. The predicted octanol–water partition coefficient (Wildman–Crippen LogP) is 1.04. The van der Waals surface area contributed by atoms with Crippen LogP contribution in [0.1, 0.15) is 5.82 Å². The van der Waals surface area contributed by atoms with Gasteiger partial charge in [-0.25, -0.2) is 14.8 Å². The summed E-state index contributed by atoms with van der Waals surface area (Å²) in [7, 11) is 0. The molecule has 0 aliphatic heterocycles. The van der Waals surface area contributed by atoms with Crippen molar-refractivity contribution in [3.8, 4) is 5.69 Å². The van der Waals surface area contributed by atoms with Crippen molar-refractivity contribution in [3.05, 3.63) is 59.3 Å². The minimum absolute atomic E-state index is 0.247. The van der Waals surface area contributed by atoms with Gasteiger partial charge in [0.25, 0.3) is 0 Å². The van der Waals surface area contributed by atoms with Gasteiger partial charge >= 0.3 is 5.69 Å². The molecule has 0 saturated heterocycles. The first-order valence-electron chi connectivity index (χ1n) is 5.85. The summed E-state index contributed by atoms with van der Waals surface area (Å²) in [5, 5.41) is 0. The lowest BCUT2D eigenvalue weighted by Crippen LogP contribution is -2.30. The molecule has 19 heavy (non-hydrogen) atoms. The molecular formula is C13H15N5O. The van der Waals surface area contributed by atoms with Gasteiger partial charge in [0.15, 0.2) is 0 Å². The number of rotatable bonds is 5.